The van der Waals surface area contributed by atoms with Gasteiger partial charge in [0.25, 0.3) is 0 Å². The Morgan fingerprint density at radius 2 is 2.07 bits per heavy atom. The minimum atomic E-state index is 0.606. The molecule has 0 saturated carbocycles. The first-order chi connectivity index (χ1) is 6.56. The van der Waals surface area contributed by atoms with Crippen molar-refractivity contribution < 1.29 is 0 Å². The summed E-state index contributed by atoms with van der Waals surface area (Å²) in [5.41, 5.74) is 4.13. The average molecular weight is 194 g/mol. The number of hydrogen-bond acceptors (Lipinski definition) is 1. The van der Waals surface area contributed by atoms with E-state index in [4.69, 9.17) is 0 Å². The molecule has 0 aromatic carbocycles. The van der Waals surface area contributed by atoms with E-state index in [1.807, 2.05) is 0 Å². The van der Waals surface area contributed by atoms with Gasteiger partial charge in [-0.25, -0.2) is 0 Å². The lowest BCUT2D eigenvalue weighted by molar-refractivity contribution is 0.533. The second kappa shape index (κ2) is 4.65. The monoisotopic (exact) mass is 194 g/mol. The van der Waals surface area contributed by atoms with Crippen LogP contribution in [-0.2, 0) is 13.6 Å². The summed E-state index contributed by atoms with van der Waals surface area (Å²) < 4.78 is 2.24. The molecule has 14 heavy (non-hydrogen) atoms. The molecule has 1 heterocycles. The zero-order valence-corrected chi connectivity index (χ0v) is 10.0. The molecular formula is C12H22N2. The quantitative estimate of drug-likeness (QED) is 0.779. The summed E-state index contributed by atoms with van der Waals surface area (Å²) >= 11 is 0. The smallest absolute Gasteiger partial charge is 0.0225 e. The first-order valence-electron chi connectivity index (χ1n) is 5.41. The highest BCUT2D eigenvalue weighted by Gasteiger charge is 2.06. The molecule has 1 N–H and O–H groups in total. The van der Waals surface area contributed by atoms with Gasteiger partial charge in [-0.15, -0.1) is 0 Å². The van der Waals surface area contributed by atoms with Crippen molar-refractivity contribution in [3.8, 4) is 0 Å². The van der Waals surface area contributed by atoms with Gasteiger partial charge in [-0.1, -0.05) is 6.92 Å². The first-order valence-corrected chi connectivity index (χ1v) is 5.41. The summed E-state index contributed by atoms with van der Waals surface area (Å²) in [6.07, 6.45) is 1.19. The van der Waals surface area contributed by atoms with Crippen LogP contribution in [-0.4, -0.2) is 10.6 Å². The molecule has 0 aliphatic heterocycles. The minimum Gasteiger partial charge on any atom is -0.352 e. The van der Waals surface area contributed by atoms with Gasteiger partial charge in [0, 0.05) is 31.0 Å². The van der Waals surface area contributed by atoms with Crippen molar-refractivity contribution in [2.45, 2.75) is 46.7 Å². The highest BCUT2D eigenvalue weighted by molar-refractivity contribution is 5.26. The largest absolute Gasteiger partial charge is 0.352 e. The van der Waals surface area contributed by atoms with Gasteiger partial charge in [-0.2, -0.15) is 0 Å². The van der Waals surface area contributed by atoms with Crippen LogP contribution in [0.15, 0.2) is 6.07 Å². The van der Waals surface area contributed by atoms with Crippen LogP contribution >= 0.6 is 0 Å². The van der Waals surface area contributed by atoms with Gasteiger partial charge in [-0.3, -0.25) is 0 Å². The highest BCUT2D eigenvalue weighted by atomic mass is 15.0. The van der Waals surface area contributed by atoms with Crippen LogP contribution in [0.3, 0.4) is 0 Å². The van der Waals surface area contributed by atoms with Gasteiger partial charge in [-0.05, 0) is 38.8 Å². The summed E-state index contributed by atoms with van der Waals surface area (Å²) in [4.78, 5) is 0. The maximum Gasteiger partial charge on any atom is 0.0225 e. The number of aromatic nitrogens is 1. The molecule has 1 aromatic rings. The molecule has 1 atom stereocenters. The molecule has 0 bridgehead atoms. The Morgan fingerprint density at radius 1 is 1.43 bits per heavy atom. The van der Waals surface area contributed by atoms with E-state index < -0.39 is 0 Å². The summed E-state index contributed by atoms with van der Waals surface area (Å²) in [7, 11) is 2.12. The third kappa shape index (κ3) is 2.38. The zero-order valence-electron chi connectivity index (χ0n) is 10.0. The fourth-order valence-corrected chi connectivity index (χ4v) is 1.54. The molecule has 1 unspecified atom stereocenters. The standard InChI is InChI=1S/C12H22N2/c1-6-9(2)13-8-12-7-10(3)14(5)11(12)4/h7,9,13H,6,8H2,1-5H3. The lowest BCUT2D eigenvalue weighted by Gasteiger charge is -2.10. The highest BCUT2D eigenvalue weighted by Crippen LogP contribution is 2.12. The van der Waals surface area contributed by atoms with E-state index in [0.29, 0.717) is 6.04 Å². The number of nitrogens with zero attached hydrogens (tertiary/aromatic N) is 1. The van der Waals surface area contributed by atoms with Crippen molar-refractivity contribution in [1.29, 1.82) is 0 Å². The molecular weight excluding hydrogens is 172 g/mol. The molecule has 0 radical (unpaired) electrons. The van der Waals surface area contributed by atoms with Crippen LogP contribution in [0.25, 0.3) is 0 Å². The first kappa shape index (κ1) is 11.3. The predicted molar refractivity (Wildman–Crippen MR) is 61.5 cm³/mol. The third-order valence-corrected chi connectivity index (χ3v) is 3.13. The average Bonchev–Trinajstić information content (AvgIpc) is 2.42. The van der Waals surface area contributed by atoms with Crippen molar-refractivity contribution in [1.82, 2.24) is 9.88 Å². The van der Waals surface area contributed by atoms with Crippen LogP contribution in [0.2, 0.25) is 0 Å². The SMILES string of the molecule is CCC(C)NCc1cc(C)n(C)c1C. The molecule has 80 valence electrons. The van der Waals surface area contributed by atoms with Crippen LogP contribution in [0.5, 0.6) is 0 Å². The van der Waals surface area contributed by atoms with Gasteiger partial charge < -0.3 is 9.88 Å². The molecule has 0 spiro atoms. The number of rotatable bonds is 4. The Kier molecular flexibility index (Phi) is 3.76. The van der Waals surface area contributed by atoms with Gasteiger partial charge in [0.1, 0.15) is 0 Å². The number of nitrogens with one attached hydrogen (secondary N) is 1. The third-order valence-electron chi connectivity index (χ3n) is 3.13. The Bertz CT molecular complexity index is 300. The van der Waals surface area contributed by atoms with Gasteiger partial charge in [0.15, 0.2) is 0 Å². The molecule has 0 fully saturated rings. The predicted octanol–water partition coefficient (Wildman–Crippen LogP) is 2.53. The van der Waals surface area contributed by atoms with E-state index in [-0.39, 0.29) is 0 Å². The normalized spacial score (nSPS) is 13.2. The zero-order chi connectivity index (χ0) is 10.7. The lowest BCUT2D eigenvalue weighted by Crippen LogP contribution is -2.24. The van der Waals surface area contributed by atoms with E-state index in [0.717, 1.165) is 6.54 Å². The fourth-order valence-electron chi connectivity index (χ4n) is 1.54. The summed E-state index contributed by atoms with van der Waals surface area (Å²) in [6.45, 7) is 9.76. The minimum absolute atomic E-state index is 0.606. The topological polar surface area (TPSA) is 17.0 Å². The van der Waals surface area contributed by atoms with E-state index in [1.54, 1.807) is 0 Å². The molecule has 0 saturated heterocycles. The molecule has 2 nitrogen and oxygen atoms in total. The van der Waals surface area contributed by atoms with Crippen molar-refractivity contribution in [3.05, 3.63) is 23.0 Å². The lowest BCUT2D eigenvalue weighted by atomic mass is 10.2. The van der Waals surface area contributed by atoms with Crippen molar-refractivity contribution >= 4 is 0 Å². The van der Waals surface area contributed by atoms with Gasteiger partial charge in [0.2, 0.25) is 0 Å². The van der Waals surface area contributed by atoms with Crippen molar-refractivity contribution in [3.63, 3.8) is 0 Å². The molecule has 0 aliphatic carbocycles. The van der Waals surface area contributed by atoms with Crippen molar-refractivity contribution in [2.24, 2.45) is 7.05 Å². The maximum atomic E-state index is 3.52. The molecule has 1 rings (SSSR count). The molecule has 0 aliphatic rings. The fraction of sp³-hybridized carbons (Fsp3) is 0.667. The molecule has 1 aromatic heterocycles. The Balaban J connectivity index is 2.63. The van der Waals surface area contributed by atoms with Crippen LogP contribution in [0, 0.1) is 13.8 Å². The Morgan fingerprint density at radius 3 is 2.50 bits per heavy atom. The summed E-state index contributed by atoms with van der Waals surface area (Å²) in [5.74, 6) is 0. The van der Waals surface area contributed by atoms with E-state index >= 15 is 0 Å². The number of hydrogen-bond donors (Lipinski definition) is 1. The molecule has 2 heteroatoms. The second-order valence-corrected chi connectivity index (χ2v) is 4.15. The van der Waals surface area contributed by atoms with E-state index in [1.165, 1.54) is 23.4 Å². The summed E-state index contributed by atoms with van der Waals surface area (Å²) in [5, 5.41) is 3.52. The van der Waals surface area contributed by atoms with Gasteiger partial charge in [0.05, 0.1) is 0 Å². The molecule has 0 amide bonds. The Labute approximate surface area is 87.3 Å². The Hall–Kier alpha value is -0.760. The van der Waals surface area contributed by atoms with Gasteiger partial charge >= 0.3 is 0 Å². The second-order valence-electron chi connectivity index (χ2n) is 4.15. The van der Waals surface area contributed by atoms with Crippen molar-refractivity contribution in [2.75, 3.05) is 0 Å². The van der Waals surface area contributed by atoms with Crippen LogP contribution in [0.1, 0.15) is 37.2 Å². The van der Waals surface area contributed by atoms with Crippen LogP contribution in [0.4, 0.5) is 0 Å². The number of aryl methyl sites for hydroxylation is 1. The van der Waals surface area contributed by atoms with E-state index in [2.05, 4.69) is 50.7 Å². The van der Waals surface area contributed by atoms with E-state index in [9.17, 15) is 0 Å². The van der Waals surface area contributed by atoms with Crippen LogP contribution < -0.4 is 5.32 Å². The maximum absolute atomic E-state index is 3.52. The summed E-state index contributed by atoms with van der Waals surface area (Å²) in [6, 6.07) is 2.87.